The molecule has 0 aliphatic carbocycles. The summed E-state index contributed by atoms with van der Waals surface area (Å²) in [6.45, 7) is 12.1. The van der Waals surface area contributed by atoms with Crippen molar-refractivity contribution >= 4 is 27.2 Å². The highest BCUT2D eigenvalue weighted by atomic mass is 32.2. The number of fused-ring (bicyclic) bond motifs is 1. The Balaban J connectivity index is 1.46. The maximum atomic E-state index is 12.7. The van der Waals surface area contributed by atoms with E-state index in [4.69, 9.17) is 9.47 Å². The van der Waals surface area contributed by atoms with Gasteiger partial charge in [0.15, 0.2) is 16.4 Å². The van der Waals surface area contributed by atoms with Gasteiger partial charge < -0.3 is 9.47 Å². The second kappa shape index (κ2) is 9.03. The fourth-order valence-corrected chi connectivity index (χ4v) is 6.23. The number of hydrogen-bond donors (Lipinski definition) is 0. The monoisotopic (exact) mass is 459 g/mol. The molecule has 1 heterocycles. The van der Waals surface area contributed by atoms with Crippen molar-refractivity contribution in [3.05, 3.63) is 93.2 Å². The van der Waals surface area contributed by atoms with Crippen molar-refractivity contribution < 1.29 is 14.3 Å². The Kier molecular flexibility index (Phi) is 6.31. The van der Waals surface area contributed by atoms with E-state index in [-0.39, 0.29) is 23.0 Å². The molecule has 0 N–H and O–H groups in total. The molecule has 0 aliphatic heterocycles. The lowest BCUT2D eigenvalue weighted by Crippen LogP contribution is -2.28. The van der Waals surface area contributed by atoms with Gasteiger partial charge in [-0.25, -0.2) is 4.79 Å². The Morgan fingerprint density at radius 1 is 0.848 bits per heavy atom. The minimum atomic E-state index is -0.754. The van der Waals surface area contributed by atoms with E-state index < -0.39 is 5.60 Å². The van der Waals surface area contributed by atoms with Crippen LogP contribution in [0.1, 0.15) is 41.0 Å². The first kappa shape index (κ1) is 23.1. The molecule has 1 aromatic heterocycles. The summed E-state index contributed by atoms with van der Waals surface area (Å²) >= 11 is 0. The summed E-state index contributed by atoms with van der Waals surface area (Å²) in [6.07, 6.45) is 0. The van der Waals surface area contributed by atoms with Crippen LogP contribution in [0.25, 0.3) is 15.7 Å². The van der Waals surface area contributed by atoms with E-state index in [1.54, 1.807) is 0 Å². The predicted octanol–water partition coefficient (Wildman–Crippen LogP) is 7.67. The third-order valence-corrected chi connectivity index (χ3v) is 8.31. The number of carbonyl (C=O) groups is 1. The lowest BCUT2D eigenvalue weighted by atomic mass is 9.95. The standard InChI is InChI=1S/C29H31O3S/c1-19-13-14-33(22(19)4)26-15-20(2)28(21(3)16-26)31-18-27(30)32-29(5,6)25-12-11-23-9-7-8-10-24(23)17-25/h7-17H,18H2,1-6H3/q+1. The summed E-state index contributed by atoms with van der Waals surface area (Å²) in [5.41, 5.74) is 3.60. The molecule has 3 nitrogen and oxygen atoms in total. The molecule has 0 amide bonds. The maximum absolute atomic E-state index is 12.7. The maximum Gasteiger partial charge on any atom is 0.345 e. The normalized spacial score (nSPS) is 12.1. The van der Waals surface area contributed by atoms with E-state index in [2.05, 4.69) is 61.7 Å². The van der Waals surface area contributed by atoms with Crippen LogP contribution in [0.15, 0.2) is 66.0 Å². The van der Waals surface area contributed by atoms with Gasteiger partial charge >= 0.3 is 5.97 Å². The van der Waals surface area contributed by atoms with E-state index >= 15 is 0 Å². The zero-order chi connectivity index (χ0) is 23.8. The van der Waals surface area contributed by atoms with Crippen LogP contribution in [-0.4, -0.2) is 12.6 Å². The Morgan fingerprint density at radius 2 is 1.52 bits per heavy atom. The van der Waals surface area contributed by atoms with Gasteiger partial charge in [-0.15, -0.1) is 0 Å². The first-order valence-corrected chi connectivity index (χ1v) is 12.5. The zero-order valence-electron chi connectivity index (χ0n) is 20.2. The fourth-order valence-electron chi connectivity index (χ4n) is 4.15. The van der Waals surface area contributed by atoms with E-state index in [9.17, 15) is 4.79 Å². The molecule has 4 aromatic rings. The van der Waals surface area contributed by atoms with Crippen molar-refractivity contribution in [2.24, 2.45) is 0 Å². The Hall–Kier alpha value is -3.11. The van der Waals surface area contributed by atoms with Crippen LogP contribution in [0.2, 0.25) is 0 Å². The van der Waals surface area contributed by atoms with E-state index in [0.29, 0.717) is 0 Å². The zero-order valence-corrected chi connectivity index (χ0v) is 21.0. The largest absolute Gasteiger partial charge is 0.481 e. The van der Waals surface area contributed by atoms with E-state index in [1.807, 2.05) is 45.9 Å². The first-order chi connectivity index (χ1) is 15.7. The quantitative estimate of drug-likeness (QED) is 0.219. The van der Waals surface area contributed by atoms with Gasteiger partial charge in [0.25, 0.3) is 0 Å². The number of carbonyl (C=O) groups excluding carboxylic acids is 1. The average Bonchev–Trinajstić information content (AvgIpc) is 3.10. The minimum Gasteiger partial charge on any atom is -0.481 e. The Morgan fingerprint density at radius 3 is 2.15 bits per heavy atom. The number of thiophene rings is 1. The average molecular weight is 460 g/mol. The van der Waals surface area contributed by atoms with Crippen LogP contribution in [-0.2, 0) is 15.1 Å². The smallest absolute Gasteiger partial charge is 0.345 e. The molecule has 0 radical (unpaired) electrons. The van der Waals surface area contributed by atoms with Crippen molar-refractivity contribution in [2.75, 3.05) is 6.61 Å². The molecule has 0 saturated heterocycles. The number of aryl methyl sites for hydroxylation is 3. The topological polar surface area (TPSA) is 35.5 Å². The van der Waals surface area contributed by atoms with Gasteiger partial charge in [-0.3, -0.25) is 0 Å². The van der Waals surface area contributed by atoms with Gasteiger partial charge in [0.1, 0.15) is 16.7 Å². The summed E-state index contributed by atoms with van der Waals surface area (Å²) in [5.74, 6) is 0.371. The molecule has 3 aromatic carbocycles. The molecular formula is C29H31O3S+. The minimum absolute atomic E-state index is 0.0000380. The predicted molar refractivity (Wildman–Crippen MR) is 138 cm³/mol. The molecule has 4 rings (SSSR count). The molecule has 0 saturated carbocycles. The van der Waals surface area contributed by atoms with Crippen LogP contribution in [0.3, 0.4) is 0 Å². The Labute approximate surface area is 199 Å². The molecular weight excluding hydrogens is 428 g/mol. The lowest BCUT2D eigenvalue weighted by molar-refractivity contribution is -0.159. The second-order valence-corrected chi connectivity index (χ2v) is 11.1. The second-order valence-electron chi connectivity index (χ2n) is 9.10. The highest BCUT2D eigenvalue weighted by Crippen LogP contribution is 2.40. The summed E-state index contributed by atoms with van der Waals surface area (Å²) in [7, 11) is -0.0000380. The molecule has 0 bridgehead atoms. The highest BCUT2D eigenvalue weighted by Gasteiger charge is 2.26. The summed E-state index contributed by atoms with van der Waals surface area (Å²) < 4.78 is 11.8. The number of ether oxygens (including phenoxy) is 2. The fraction of sp³-hybridized carbons (Fsp3) is 0.276. The summed E-state index contributed by atoms with van der Waals surface area (Å²) in [6, 6.07) is 20.9. The van der Waals surface area contributed by atoms with E-state index in [1.165, 1.54) is 15.3 Å². The van der Waals surface area contributed by atoms with Crippen molar-refractivity contribution in [2.45, 2.75) is 47.1 Å². The lowest BCUT2D eigenvalue weighted by Gasteiger charge is -2.26. The van der Waals surface area contributed by atoms with Crippen LogP contribution in [0, 0.1) is 27.7 Å². The van der Waals surface area contributed by atoms with E-state index in [0.717, 1.165) is 33.2 Å². The van der Waals surface area contributed by atoms with Gasteiger partial charge in [-0.2, -0.15) is 0 Å². The molecule has 0 fully saturated rings. The molecule has 0 spiro atoms. The molecule has 33 heavy (non-hydrogen) atoms. The van der Waals surface area contributed by atoms with Crippen LogP contribution in [0.4, 0.5) is 0 Å². The van der Waals surface area contributed by atoms with Gasteiger partial charge in [-0.1, -0.05) is 36.4 Å². The molecule has 170 valence electrons. The highest BCUT2D eigenvalue weighted by molar-refractivity contribution is 7.38. The third kappa shape index (κ3) is 4.81. The molecule has 1 atom stereocenters. The van der Waals surface area contributed by atoms with Crippen LogP contribution < -0.4 is 4.74 Å². The number of benzene rings is 3. The third-order valence-electron chi connectivity index (χ3n) is 6.18. The number of rotatable bonds is 6. The summed E-state index contributed by atoms with van der Waals surface area (Å²) in [4.78, 5) is 15.4. The first-order valence-electron chi connectivity index (χ1n) is 11.2. The SMILES string of the molecule is Cc1cc(-[s+]2ccc(C)c2C)cc(C)c1OCC(=O)OC(C)(C)c1ccc2ccccc2c1. The Bertz CT molecular complexity index is 1310. The van der Waals surface area contributed by atoms with Crippen molar-refractivity contribution in [1.29, 1.82) is 0 Å². The van der Waals surface area contributed by atoms with Crippen molar-refractivity contribution in [1.82, 2.24) is 0 Å². The number of esters is 1. The molecule has 4 heteroatoms. The molecule has 1 unspecified atom stereocenters. The van der Waals surface area contributed by atoms with Gasteiger partial charge in [0.2, 0.25) is 0 Å². The van der Waals surface area contributed by atoms with Crippen LogP contribution >= 0.6 is 10.5 Å². The number of hydrogen-bond acceptors (Lipinski definition) is 3. The van der Waals surface area contributed by atoms with Crippen molar-refractivity contribution in [3.63, 3.8) is 0 Å². The van der Waals surface area contributed by atoms with Crippen LogP contribution in [0.5, 0.6) is 5.75 Å². The van der Waals surface area contributed by atoms with Crippen molar-refractivity contribution in [3.8, 4) is 10.6 Å². The van der Waals surface area contributed by atoms with Gasteiger partial charge in [0.05, 0.1) is 0 Å². The summed E-state index contributed by atoms with van der Waals surface area (Å²) in [5, 5.41) is 4.56. The van der Waals surface area contributed by atoms with Gasteiger partial charge in [-0.05, 0) is 74.2 Å². The molecule has 0 aliphatic rings. The van der Waals surface area contributed by atoms with Gasteiger partial charge in [0, 0.05) is 35.1 Å².